The van der Waals surface area contributed by atoms with Gasteiger partial charge in [-0.05, 0) is 20.2 Å². The van der Waals surface area contributed by atoms with Gasteiger partial charge in [-0.15, -0.1) is 0 Å². The molecule has 0 N–H and O–H groups in total. The molecule has 0 spiro atoms. The molecule has 6 nitrogen and oxygen atoms in total. The van der Waals surface area contributed by atoms with Crippen LogP contribution in [0, 0.1) is 11.3 Å². The fourth-order valence-electron chi connectivity index (χ4n) is 3.70. The first-order valence-electron chi connectivity index (χ1n) is 7.47. The second kappa shape index (κ2) is 5.42. The second-order valence-electron chi connectivity index (χ2n) is 6.74. The topological polar surface area (TPSA) is 50.6 Å². The summed E-state index contributed by atoms with van der Waals surface area (Å²) in [7, 11) is 6.04. The zero-order valence-corrected chi connectivity index (χ0v) is 13.1. The number of aromatic nitrogens is 2. The van der Waals surface area contributed by atoms with Gasteiger partial charge in [-0.25, -0.2) is 0 Å². The van der Waals surface area contributed by atoms with Gasteiger partial charge in [0.1, 0.15) is 0 Å². The van der Waals surface area contributed by atoms with Crippen LogP contribution in [0.4, 0.5) is 0 Å². The zero-order valence-electron chi connectivity index (χ0n) is 13.1. The number of fused-ring (bicyclic) bond motifs is 1. The van der Waals surface area contributed by atoms with Crippen molar-refractivity contribution in [1.82, 2.24) is 19.6 Å². The van der Waals surface area contributed by atoms with Crippen LogP contribution in [0.1, 0.15) is 5.69 Å². The van der Waals surface area contributed by atoms with Crippen LogP contribution in [0.5, 0.6) is 0 Å². The lowest BCUT2D eigenvalue weighted by molar-refractivity contribution is -0.130. The van der Waals surface area contributed by atoms with Gasteiger partial charge >= 0.3 is 0 Å². The van der Waals surface area contributed by atoms with Gasteiger partial charge in [0.15, 0.2) is 0 Å². The number of ether oxygens (including phenoxy) is 1. The second-order valence-corrected chi connectivity index (χ2v) is 6.74. The molecule has 1 aromatic heterocycles. The third-order valence-electron chi connectivity index (χ3n) is 4.61. The van der Waals surface area contributed by atoms with Gasteiger partial charge < -0.3 is 14.5 Å². The molecular formula is C15H24N4O2. The van der Waals surface area contributed by atoms with Gasteiger partial charge in [-0.2, -0.15) is 5.10 Å². The summed E-state index contributed by atoms with van der Waals surface area (Å²) in [6.45, 7) is 4.15. The Hall–Kier alpha value is -1.40. The molecule has 2 atom stereocenters. The van der Waals surface area contributed by atoms with Crippen LogP contribution in [-0.2, 0) is 23.0 Å². The van der Waals surface area contributed by atoms with E-state index in [0.717, 1.165) is 38.5 Å². The van der Waals surface area contributed by atoms with E-state index in [0.29, 0.717) is 12.3 Å². The number of hydrogen-bond acceptors (Lipinski definition) is 4. The summed E-state index contributed by atoms with van der Waals surface area (Å²) >= 11 is 0. The predicted octanol–water partition coefficient (Wildman–Crippen LogP) is -0.000800. The normalized spacial score (nSPS) is 28.4. The molecule has 21 heavy (non-hydrogen) atoms. The first-order chi connectivity index (χ1) is 9.98. The Labute approximate surface area is 125 Å². The van der Waals surface area contributed by atoms with Gasteiger partial charge in [-0.3, -0.25) is 9.48 Å². The third kappa shape index (κ3) is 2.82. The minimum absolute atomic E-state index is 0.114. The maximum absolute atomic E-state index is 12.5. The number of nitrogens with zero attached hydrogens (tertiary/aromatic N) is 4. The van der Waals surface area contributed by atoms with Gasteiger partial charge in [0.25, 0.3) is 0 Å². The molecule has 2 aliphatic heterocycles. The molecule has 0 aromatic carbocycles. The van der Waals surface area contributed by atoms with Crippen molar-refractivity contribution < 1.29 is 9.53 Å². The van der Waals surface area contributed by atoms with E-state index in [-0.39, 0.29) is 11.3 Å². The van der Waals surface area contributed by atoms with Gasteiger partial charge in [-0.1, -0.05) is 0 Å². The molecule has 0 saturated carbocycles. The van der Waals surface area contributed by atoms with Crippen LogP contribution >= 0.6 is 0 Å². The maximum Gasteiger partial charge on any atom is 0.228 e. The van der Waals surface area contributed by atoms with E-state index in [2.05, 4.69) is 24.1 Å². The lowest BCUT2D eigenvalue weighted by Gasteiger charge is -2.30. The highest BCUT2D eigenvalue weighted by Gasteiger charge is 2.51. The highest BCUT2D eigenvalue weighted by molar-refractivity contribution is 5.78. The summed E-state index contributed by atoms with van der Waals surface area (Å²) in [6, 6.07) is 1.91. The molecule has 2 aliphatic rings. The lowest BCUT2D eigenvalue weighted by atomic mass is 9.81. The lowest BCUT2D eigenvalue weighted by Crippen LogP contribution is -2.41. The van der Waals surface area contributed by atoms with Crippen molar-refractivity contribution >= 4 is 5.91 Å². The number of rotatable bonds is 4. The molecule has 3 heterocycles. The summed E-state index contributed by atoms with van der Waals surface area (Å²) in [5, 5.41) is 4.30. The molecule has 2 saturated heterocycles. The van der Waals surface area contributed by atoms with Gasteiger partial charge in [0, 0.05) is 44.2 Å². The van der Waals surface area contributed by atoms with Crippen molar-refractivity contribution in [2.24, 2.45) is 18.4 Å². The summed E-state index contributed by atoms with van der Waals surface area (Å²) in [5.41, 5.74) is 0.959. The third-order valence-corrected chi connectivity index (χ3v) is 4.61. The van der Waals surface area contributed by atoms with E-state index in [1.54, 1.807) is 4.68 Å². The molecule has 1 amide bonds. The highest BCUT2D eigenvalue weighted by Crippen LogP contribution is 2.41. The Bertz CT molecular complexity index is 527. The monoisotopic (exact) mass is 292 g/mol. The van der Waals surface area contributed by atoms with E-state index in [1.165, 1.54) is 0 Å². The van der Waals surface area contributed by atoms with Crippen molar-refractivity contribution in [2.45, 2.75) is 6.42 Å². The standard InChI is InChI=1S/C15H24N4O2/c1-17(2)9-15-10-19(7-12(15)8-21-11-15)14(20)6-13-4-5-18(3)16-13/h4-5,12H,6-11H2,1-3H3/t12-,15+/m1/s1. The van der Waals surface area contributed by atoms with Crippen LogP contribution < -0.4 is 0 Å². The molecular weight excluding hydrogens is 268 g/mol. The number of carbonyl (C=O) groups is 1. The fraction of sp³-hybridized carbons (Fsp3) is 0.733. The van der Waals surface area contributed by atoms with Crippen LogP contribution in [-0.4, -0.2) is 72.4 Å². The molecule has 3 rings (SSSR count). The van der Waals surface area contributed by atoms with Crippen LogP contribution in [0.3, 0.4) is 0 Å². The SMILES string of the molecule is CN(C)C[C@]12COC[C@H]1CN(C(=O)Cc1ccn(C)n1)C2. The quantitative estimate of drug-likeness (QED) is 0.784. The largest absolute Gasteiger partial charge is 0.380 e. The molecule has 0 radical (unpaired) electrons. The first kappa shape index (κ1) is 14.5. The predicted molar refractivity (Wildman–Crippen MR) is 78.8 cm³/mol. The molecule has 2 fully saturated rings. The first-order valence-corrected chi connectivity index (χ1v) is 7.47. The Morgan fingerprint density at radius 1 is 1.57 bits per heavy atom. The average molecular weight is 292 g/mol. The molecule has 6 heteroatoms. The van der Waals surface area contributed by atoms with E-state index >= 15 is 0 Å². The van der Waals surface area contributed by atoms with E-state index in [4.69, 9.17) is 4.74 Å². The summed E-state index contributed by atoms with van der Waals surface area (Å²) < 4.78 is 7.42. The number of aryl methyl sites for hydroxylation is 1. The number of likely N-dealkylation sites (tertiary alicyclic amines) is 1. The summed E-state index contributed by atoms with van der Waals surface area (Å²) in [4.78, 5) is 16.7. The van der Waals surface area contributed by atoms with Crippen molar-refractivity contribution in [1.29, 1.82) is 0 Å². The maximum atomic E-state index is 12.5. The fourth-order valence-corrected chi connectivity index (χ4v) is 3.70. The van der Waals surface area contributed by atoms with Crippen LogP contribution in [0.2, 0.25) is 0 Å². The van der Waals surface area contributed by atoms with Gasteiger partial charge in [0.2, 0.25) is 5.91 Å². The highest BCUT2D eigenvalue weighted by atomic mass is 16.5. The minimum atomic E-state index is 0.114. The molecule has 116 valence electrons. The van der Waals surface area contributed by atoms with Crippen molar-refractivity contribution in [3.8, 4) is 0 Å². The minimum Gasteiger partial charge on any atom is -0.380 e. The van der Waals surface area contributed by atoms with Crippen molar-refractivity contribution in [3.63, 3.8) is 0 Å². The van der Waals surface area contributed by atoms with Gasteiger partial charge in [0.05, 0.1) is 25.3 Å². The number of carbonyl (C=O) groups excluding carboxylic acids is 1. The Kier molecular flexibility index (Phi) is 3.75. The number of amides is 1. The van der Waals surface area contributed by atoms with E-state index < -0.39 is 0 Å². The molecule has 0 unspecified atom stereocenters. The van der Waals surface area contributed by atoms with Crippen molar-refractivity contribution in [2.75, 3.05) is 46.9 Å². The number of hydrogen-bond donors (Lipinski definition) is 0. The van der Waals surface area contributed by atoms with E-state index in [1.807, 2.05) is 24.2 Å². The van der Waals surface area contributed by atoms with Crippen LogP contribution in [0.15, 0.2) is 12.3 Å². The van der Waals surface area contributed by atoms with Crippen molar-refractivity contribution in [3.05, 3.63) is 18.0 Å². The summed E-state index contributed by atoms with van der Waals surface area (Å²) in [5.74, 6) is 0.647. The summed E-state index contributed by atoms with van der Waals surface area (Å²) in [6.07, 6.45) is 2.27. The Balaban J connectivity index is 1.66. The Morgan fingerprint density at radius 3 is 3.05 bits per heavy atom. The molecule has 1 aromatic rings. The Morgan fingerprint density at radius 2 is 2.38 bits per heavy atom. The zero-order chi connectivity index (χ0) is 15.0. The van der Waals surface area contributed by atoms with E-state index in [9.17, 15) is 4.79 Å². The smallest absolute Gasteiger partial charge is 0.228 e. The molecule has 0 aliphatic carbocycles. The van der Waals surface area contributed by atoms with Crippen LogP contribution in [0.25, 0.3) is 0 Å². The molecule has 0 bridgehead atoms. The average Bonchev–Trinajstić information content (AvgIpc) is 3.02.